The zero-order valence-corrected chi connectivity index (χ0v) is 11.9. The monoisotopic (exact) mass is 262 g/mol. The van der Waals surface area contributed by atoms with Crippen molar-refractivity contribution in [2.45, 2.75) is 19.5 Å². The van der Waals surface area contributed by atoms with Crippen molar-refractivity contribution >= 4 is 0 Å². The molecule has 4 heteroatoms. The maximum absolute atomic E-state index is 8.79. The second-order valence-corrected chi connectivity index (χ2v) is 4.58. The van der Waals surface area contributed by atoms with E-state index in [9.17, 15) is 0 Å². The molecule has 0 aromatic heterocycles. The highest BCUT2D eigenvalue weighted by Crippen LogP contribution is 2.10. The molecule has 0 aliphatic heterocycles. The number of nitrogens with zero attached hydrogens (tertiary/aromatic N) is 2. The van der Waals surface area contributed by atoms with Gasteiger partial charge >= 0.3 is 0 Å². The van der Waals surface area contributed by atoms with Gasteiger partial charge in [0.1, 0.15) is 0 Å². The maximum Gasteiger partial charge on any atom is 0.0991 e. The van der Waals surface area contributed by atoms with Crippen molar-refractivity contribution in [3.8, 4) is 6.07 Å². The summed E-state index contributed by atoms with van der Waals surface area (Å²) < 4.78 is 10.4. The summed E-state index contributed by atoms with van der Waals surface area (Å²) in [6.07, 6.45) is 0. The van der Waals surface area contributed by atoms with Gasteiger partial charge in [-0.3, -0.25) is 4.90 Å². The third-order valence-corrected chi connectivity index (χ3v) is 3.08. The Morgan fingerprint density at radius 2 is 1.89 bits per heavy atom. The average Bonchev–Trinajstić information content (AvgIpc) is 2.44. The molecule has 1 aromatic rings. The van der Waals surface area contributed by atoms with Crippen LogP contribution in [0.2, 0.25) is 0 Å². The fourth-order valence-corrected chi connectivity index (χ4v) is 1.93. The highest BCUT2D eigenvalue weighted by molar-refractivity contribution is 5.31. The summed E-state index contributed by atoms with van der Waals surface area (Å²) in [7, 11) is 3.42. The largest absolute Gasteiger partial charge is 0.383 e. The Kier molecular flexibility index (Phi) is 7.12. The van der Waals surface area contributed by atoms with Crippen LogP contribution in [0.15, 0.2) is 24.3 Å². The summed E-state index contributed by atoms with van der Waals surface area (Å²) in [5.41, 5.74) is 1.88. The summed E-state index contributed by atoms with van der Waals surface area (Å²) in [5.74, 6) is 0. The van der Waals surface area contributed by atoms with E-state index in [2.05, 4.69) is 17.9 Å². The van der Waals surface area contributed by atoms with E-state index in [0.717, 1.165) is 13.1 Å². The number of ether oxygens (including phenoxy) is 2. The van der Waals surface area contributed by atoms with Crippen LogP contribution >= 0.6 is 0 Å². The SMILES string of the molecule is COCCN(Cc1ccc(C#N)cc1)C(C)COC. The molecule has 1 atom stereocenters. The van der Waals surface area contributed by atoms with Crippen molar-refractivity contribution in [1.82, 2.24) is 4.90 Å². The lowest BCUT2D eigenvalue weighted by Crippen LogP contribution is -2.38. The van der Waals surface area contributed by atoms with Crippen LogP contribution in [-0.2, 0) is 16.0 Å². The average molecular weight is 262 g/mol. The molecule has 4 nitrogen and oxygen atoms in total. The quantitative estimate of drug-likeness (QED) is 0.719. The molecule has 0 aliphatic rings. The van der Waals surface area contributed by atoms with Gasteiger partial charge in [-0.05, 0) is 24.6 Å². The molecule has 0 aliphatic carbocycles. The van der Waals surface area contributed by atoms with Crippen LogP contribution in [0.4, 0.5) is 0 Å². The van der Waals surface area contributed by atoms with E-state index in [1.807, 2.05) is 24.3 Å². The van der Waals surface area contributed by atoms with Gasteiger partial charge < -0.3 is 9.47 Å². The lowest BCUT2D eigenvalue weighted by molar-refractivity contribution is 0.0705. The zero-order valence-electron chi connectivity index (χ0n) is 11.9. The summed E-state index contributed by atoms with van der Waals surface area (Å²) >= 11 is 0. The lowest BCUT2D eigenvalue weighted by atomic mass is 10.1. The van der Waals surface area contributed by atoms with Gasteiger partial charge in [0.05, 0.1) is 24.8 Å². The first-order valence-electron chi connectivity index (χ1n) is 6.42. The Morgan fingerprint density at radius 3 is 2.42 bits per heavy atom. The summed E-state index contributed by atoms with van der Waals surface area (Å²) in [6.45, 7) is 5.23. The highest BCUT2D eigenvalue weighted by Gasteiger charge is 2.13. The van der Waals surface area contributed by atoms with Gasteiger partial charge in [0.2, 0.25) is 0 Å². The van der Waals surface area contributed by atoms with Crippen molar-refractivity contribution in [2.24, 2.45) is 0 Å². The van der Waals surface area contributed by atoms with Gasteiger partial charge in [0, 0.05) is 33.4 Å². The van der Waals surface area contributed by atoms with Crippen molar-refractivity contribution in [1.29, 1.82) is 5.26 Å². The number of methoxy groups -OCH3 is 2. The molecule has 1 aromatic carbocycles. The van der Waals surface area contributed by atoms with Gasteiger partial charge in [0.15, 0.2) is 0 Å². The Balaban J connectivity index is 2.66. The van der Waals surface area contributed by atoms with Crippen LogP contribution in [0.5, 0.6) is 0 Å². The minimum atomic E-state index is 0.329. The third-order valence-electron chi connectivity index (χ3n) is 3.08. The molecule has 19 heavy (non-hydrogen) atoms. The first-order chi connectivity index (χ1) is 9.21. The standard InChI is InChI=1S/C15H22N2O2/c1-13(12-19-3)17(8-9-18-2)11-15-6-4-14(10-16)5-7-15/h4-7,13H,8-9,11-12H2,1-3H3. The highest BCUT2D eigenvalue weighted by atomic mass is 16.5. The van der Waals surface area contributed by atoms with Gasteiger partial charge in [-0.25, -0.2) is 0 Å². The number of hydrogen-bond donors (Lipinski definition) is 0. The molecule has 1 unspecified atom stereocenters. The van der Waals surface area contributed by atoms with Gasteiger partial charge in [-0.15, -0.1) is 0 Å². The van der Waals surface area contributed by atoms with Crippen molar-refractivity contribution in [2.75, 3.05) is 34.0 Å². The topological polar surface area (TPSA) is 45.5 Å². The van der Waals surface area contributed by atoms with Crippen molar-refractivity contribution in [3.05, 3.63) is 35.4 Å². The molecule has 0 saturated heterocycles. The fraction of sp³-hybridized carbons (Fsp3) is 0.533. The zero-order chi connectivity index (χ0) is 14.1. The van der Waals surface area contributed by atoms with E-state index in [4.69, 9.17) is 14.7 Å². The van der Waals surface area contributed by atoms with Crippen LogP contribution < -0.4 is 0 Å². The fourth-order valence-electron chi connectivity index (χ4n) is 1.93. The van der Waals surface area contributed by atoms with E-state index in [1.165, 1.54) is 5.56 Å². The lowest BCUT2D eigenvalue weighted by Gasteiger charge is -2.28. The molecule has 0 N–H and O–H groups in total. The molecule has 0 bridgehead atoms. The van der Waals surface area contributed by atoms with Crippen LogP contribution in [0.1, 0.15) is 18.1 Å². The van der Waals surface area contributed by atoms with Crippen LogP contribution in [0.25, 0.3) is 0 Å². The van der Waals surface area contributed by atoms with Crippen molar-refractivity contribution < 1.29 is 9.47 Å². The molecule has 0 saturated carbocycles. The minimum absolute atomic E-state index is 0.329. The smallest absolute Gasteiger partial charge is 0.0991 e. The molecule has 0 fully saturated rings. The summed E-state index contributed by atoms with van der Waals surface area (Å²) in [5, 5.41) is 8.79. The molecule has 104 valence electrons. The van der Waals surface area contributed by atoms with E-state index in [0.29, 0.717) is 24.8 Å². The van der Waals surface area contributed by atoms with E-state index in [-0.39, 0.29) is 0 Å². The maximum atomic E-state index is 8.79. The minimum Gasteiger partial charge on any atom is -0.383 e. The van der Waals surface area contributed by atoms with Crippen LogP contribution in [0, 0.1) is 11.3 Å². The van der Waals surface area contributed by atoms with Gasteiger partial charge in [0.25, 0.3) is 0 Å². The Morgan fingerprint density at radius 1 is 1.21 bits per heavy atom. The second kappa shape index (κ2) is 8.65. The molecule has 1 rings (SSSR count). The van der Waals surface area contributed by atoms with E-state index in [1.54, 1.807) is 14.2 Å². The predicted molar refractivity (Wildman–Crippen MR) is 74.8 cm³/mol. The van der Waals surface area contributed by atoms with Gasteiger partial charge in [-0.2, -0.15) is 5.26 Å². The Bertz CT molecular complexity index is 398. The first kappa shape index (κ1) is 15.6. The molecule has 0 spiro atoms. The Hall–Kier alpha value is -1.41. The molecule has 0 heterocycles. The third kappa shape index (κ3) is 5.39. The number of nitriles is 1. The molecular formula is C15H22N2O2. The van der Waals surface area contributed by atoms with Crippen molar-refractivity contribution in [3.63, 3.8) is 0 Å². The van der Waals surface area contributed by atoms with Crippen LogP contribution in [-0.4, -0.2) is 44.9 Å². The van der Waals surface area contributed by atoms with Crippen LogP contribution in [0.3, 0.4) is 0 Å². The normalized spacial score (nSPS) is 12.4. The Labute approximate surface area is 115 Å². The van der Waals surface area contributed by atoms with E-state index < -0.39 is 0 Å². The van der Waals surface area contributed by atoms with E-state index >= 15 is 0 Å². The summed E-state index contributed by atoms with van der Waals surface area (Å²) in [6, 6.07) is 10.2. The second-order valence-electron chi connectivity index (χ2n) is 4.58. The van der Waals surface area contributed by atoms with Gasteiger partial charge in [-0.1, -0.05) is 12.1 Å². The first-order valence-corrected chi connectivity index (χ1v) is 6.42. The molecule has 0 amide bonds. The predicted octanol–water partition coefficient (Wildman–Crippen LogP) is 2.04. The molecule has 0 radical (unpaired) electrons. The molecular weight excluding hydrogens is 240 g/mol. The number of hydrogen-bond acceptors (Lipinski definition) is 4. The number of benzene rings is 1. The summed E-state index contributed by atoms with van der Waals surface area (Å²) in [4.78, 5) is 2.31. The number of rotatable bonds is 8.